The van der Waals surface area contributed by atoms with Crippen LogP contribution in [0.5, 0.6) is 0 Å². The first-order chi connectivity index (χ1) is 8.97. The number of aryl methyl sites for hydroxylation is 2. The van der Waals surface area contributed by atoms with Gasteiger partial charge in [0.1, 0.15) is 0 Å². The van der Waals surface area contributed by atoms with E-state index in [1.165, 1.54) is 6.20 Å². The highest BCUT2D eigenvalue weighted by Gasteiger charge is 2.18. The summed E-state index contributed by atoms with van der Waals surface area (Å²) in [5, 5.41) is 1.17. The molecule has 1 heterocycles. The smallest absolute Gasteiger partial charge is 0.341 e. The zero-order valence-corrected chi connectivity index (χ0v) is 13.2. The van der Waals surface area contributed by atoms with E-state index in [4.69, 9.17) is 16.3 Å². The molecule has 3 nitrogen and oxygen atoms in total. The fourth-order valence-corrected chi connectivity index (χ4v) is 2.67. The summed E-state index contributed by atoms with van der Waals surface area (Å²) in [6, 6.07) is 1.94. The normalized spacial score (nSPS) is 10.8. The third-order valence-electron chi connectivity index (χ3n) is 2.94. The molecule has 0 aliphatic rings. The molecule has 0 atom stereocenters. The molecule has 0 saturated carbocycles. The second-order valence-corrected chi connectivity index (χ2v) is 5.40. The topological polar surface area (TPSA) is 39.2 Å². The lowest BCUT2D eigenvalue weighted by molar-refractivity contribution is 0.0526. The van der Waals surface area contributed by atoms with Crippen molar-refractivity contribution in [3.8, 4) is 0 Å². The minimum atomic E-state index is -0.446. The van der Waals surface area contributed by atoms with Gasteiger partial charge in [0.05, 0.1) is 22.7 Å². The average molecular weight is 343 g/mol. The summed E-state index contributed by atoms with van der Waals surface area (Å²) in [6.45, 7) is 6.00. The van der Waals surface area contributed by atoms with Crippen LogP contribution in [-0.2, 0) is 4.74 Å². The third-order valence-corrected chi connectivity index (χ3v) is 4.56. The Morgan fingerprint density at radius 1 is 1.47 bits per heavy atom. The Labute approximate surface area is 125 Å². The van der Waals surface area contributed by atoms with Crippen LogP contribution in [0.1, 0.15) is 28.4 Å². The van der Waals surface area contributed by atoms with E-state index in [0.717, 1.165) is 26.5 Å². The van der Waals surface area contributed by atoms with Crippen LogP contribution in [-0.4, -0.2) is 17.6 Å². The molecule has 1 aromatic carbocycles. The molecule has 2 rings (SSSR count). The van der Waals surface area contributed by atoms with Gasteiger partial charge >= 0.3 is 5.97 Å². The molecular formula is C14H13BrClNO2. The Balaban J connectivity index is 2.74. The van der Waals surface area contributed by atoms with Crippen LogP contribution in [0.3, 0.4) is 0 Å². The molecule has 0 fully saturated rings. The number of rotatable bonds is 2. The van der Waals surface area contributed by atoms with Gasteiger partial charge in [-0.05, 0) is 38.0 Å². The first-order valence-corrected chi connectivity index (χ1v) is 7.05. The number of hydrogen-bond donors (Lipinski definition) is 0. The molecule has 0 aliphatic carbocycles. The maximum Gasteiger partial charge on any atom is 0.341 e. The molecule has 100 valence electrons. The fourth-order valence-electron chi connectivity index (χ4n) is 1.99. The molecule has 1 aromatic heterocycles. The van der Waals surface area contributed by atoms with Gasteiger partial charge in [-0.15, -0.1) is 0 Å². The van der Waals surface area contributed by atoms with Crippen LogP contribution in [0.15, 0.2) is 16.7 Å². The number of nitrogens with zero attached hydrogens (tertiary/aromatic N) is 1. The van der Waals surface area contributed by atoms with Crippen molar-refractivity contribution in [2.45, 2.75) is 20.8 Å². The van der Waals surface area contributed by atoms with E-state index in [0.29, 0.717) is 17.2 Å². The van der Waals surface area contributed by atoms with E-state index in [1.807, 2.05) is 19.9 Å². The number of pyridine rings is 1. The van der Waals surface area contributed by atoms with Gasteiger partial charge in [0.25, 0.3) is 0 Å². The molecule has 0 unspecified atom stereocenters. The van der Waals surface area contributed by atoms with Crippen molar-refractivity contribution < 1.29 is 9.53 Å². The Morgan fingerprint density at radius 2 is 2.16 bits per heavy atom. The van der Waals surface area contributed by atoms with Crippen molar-refractivity contribution in [2.75, 3.05) is 6.61 Å². The SMILES string of the molecule is CCOC(=O)c1cnc2cc(C)c(Br)c(C)c2c1Cl. The highest BCUT2D eigenvalue weighted by Crippen LogP contribution is 2.34. The number of fused-ring (bicyclic) bond motifs is 1. The highest BCUT2D eigenvalue weighted by molar-refractivity contribution is 9.10. The zero-order chi connectivity index (χ0) is 14.2. The Hall–Kier alpha value is -1.13. The van der Waals surface area contributed by atoms with Gasteiger partial charge in [-0.1, -0.05) is 27.5 Å². The quantitative estimate of drug-likeness (QED) is 0.757. The summed E-state index contributed by atoms with van der Waals surface area (Å²) in [4.78, 5) is 16.1. The van der Waals surface area contributed by atoms with Gasteiger partial charge in [0.15, 0.2) is 0 Å². The van der Waals surface area contributed by atoms with Crippen molar-refractivity contribution in [3.63, 3.8) is 0 Å². The van der Waals surface area contributed by atoms with E-state index in [1.54, 1.807) is 6.92 Å². The minimum absolute atomic E-state index is 0.301. The number of hydrogen-bond acceptors (Lipinski definition) is 3. The van der Waals surface area contributed by atoms with E-state index < -0.39 is 5.97 Å². The van der Waals surface area contributed by atoms with Crippen LogP contribution in [0.25, 0.3) is 10.9 Å². The van der Waals surface area contributed by atoms with Crippen molar-refractivity contribution in [2.24, 2.45) is 0 Å². The molecule has 2 aromatic rings. The van der Waals surface area contributed by atoms with Gasteiger partial charge in [-0.2, -0.15) is 0 Å². The molecule has 0 aliphatic heterocycles. The predicted octanol–water partition coefficient (Wildman–Crippen LogP) is 4.44. The van der Waals surface area contributed by atoms with Gasteiger partial charge in [0.2, 0.25) is 0 Å². The summed E-state index contributed by atoms with van der Waals surface area (Å²) in [6.07, 6.45) is 1.47. The van der Waals surface area contributed by atoms with E-state index in [2.05, 4.69) is 20.9 Å². The van der Waals surface area contributed by atoms with Crippen LogP contribution >= 0.6 is 27.5 Å². The lowest BCUT2D eigenvalue weighted by Crippen LogP contribution is -2.06. The molecule has 0 amide bonds. The first kappa shape index (κ1) is 14.3. The number of carbonyl (C=O) groups excluding carboxylic acids is 1. The molecule has 0 saturated heterocycles. The van der Waals surface area contributed by atoms with Crippen LogP contribution in [0, 0.1) is 13.8 Å². The first-order valence-electron chi connectivity index (χ1n) is 5.88. The van der Waals surface area contributed by atoms with E-state index >= 15 is 0 Å². The molecule has 0 bridgehead atoms. The van der Waals surface area contributed by atoms with Crippen molar-refractivity contribution in [1.29, 1.82) is 0 Å². The second kappa shape index (κ2) is 5.47. The molecular weight excluding hydrogens is 330 g/mol. The molecule has 0 radical (unpaired) electrons. The standard InChI is InChI=1S/C14H13BrClNO2/c1-4-19-14(18)9-6-17-10-5-7(2)12(15)8(3)11(10)13(9)16/h5-6H,4H2,1-3H3. The zero-order valence-electron chi connectivity index (χ0n) is 10.9. The van der Waals surface area contributed by atoms with Gasteiger partial charge < -0.3 is 4.74 Å². The van der Waals surface area contributed by atoms with Crippen LogP contribution in [0.2, 0.25) is 5.02 Å². The number of esters is 1. The number of carbonyl (C=O) groups is 1. The van der Waals surface area contributed by atoms with Crippen molar-refractivity contribution in [3.05, 3.63) is 38.4 Å². The number of benzene rings is 1. The second-order valence-electron chi connectivity index (χ2n) is 4.23. The maximum atomic E-state index is 11.8. The molecule has 0 N–H and O–H groups in total. The van der Waals surface area contributed by atoms with E-state index in [9.17, 15) is 4.79 Å². The summed E-state index contributed by atoms with van der Waals surface area (Å²) >= 11 is 9.86. The summed E-state index contributed by atoms with van der Waals surface area (Å²) in [5.74, 6) is -0.446. The van der Waals surface area contributed by atoms with Gasteiger partial charge in [0, 0.05) is 16.1 Å². The van der Waals surface area contributed by atoms with Gasteiger partial charge in [-0.3, -0.25) is 4.98 Å². The minimum Gasteiger partial charge on any atom is -0.462 e. The summed E-state index contributed by atoms with van der Waals surface area (Å²) < 4.78 is 5.95. The maximum absolute atomic E-state index is 11.8. The average Bonchev–Trinajstić information content (AvgIpc) is 2.36. The lowest BCUT2D eigenvalue weighted by Gasteiger charge is -2.11. The largest absolute Gasteiger partial charge is 0.462 e. The highest BCUT2D eigenvalue weighted by atomic mass is 79.9. The Kier molecular flexibility index (Phi) is 4.11. The predicted molar refractivity (Wildman–Crippen MR) is 79.9 cm³/mol. The van der Waals surface area contributed by atoms with E-state index in [-0.39, 0.29) is 0 Å². The third kappa shape index (κ3) is 2.47. The monoisotopic (exact) mass is 341 g/mol. The number of aromatic nitrogens is 1. The van der Waals surface area contributed by atoms with Crippen molar-refractivity contribution in [1.82, 2.24) is 4.98 Å². The Bertz CT molecular complexity index is 670. The molecule has 5 heteroatoms. The fraction of sp³-hybridized carbons (Fsp3) is 0.286. The van der Waals surface area contributed by atoms with Crippen LogP contribution in [0.4, 0.5) is 0 Å². The molecule has 19 heavy (non-hydrogen) atoms. The summed E-state index contributed by atoms with van der Waals surface area (Å²) in [5.41, 5.74) is 3.13. The number of halogens is 2. The molecule has 0 spiro atoms. The Morgan fingerprint density at radius 3 is 2.79 bits per heavy atom. The van der Waals surface area contributed by atoms with Crippen LogP contribution < -0.4 is 0 Å². The van der Waals surface area contributed by atoms with Gasteiger partial charge in [-0.25, -0.2) is 4.79 Å². The number of ether oxygens (including phenoxy) is 1. The van der Waals surface area contributed by atoms with Crippen molar-refractivity contribution >= 4 is 44.4 Å². The lowest BCUT2D eigenvalue weighted by atomic mass is 10.0. The summed E-state index contributed by atoms with van der Waals surface area (Å²) in [7, 11) is 0.